The number of guanidine groups is 1. The van der Waals surface area contributed by atoms with Crippen LogP contribution in [-0.2, 0) is 24.3 Å². The minimum atomic E-state index is -4.06. The summed E-state index contributed by atoms with van der Waals surface area (Å²) in [5.41, 5.74) is 10.3. The Hall–Kier alpha value is -2.90. The maximum atomic E-state index is 12.2. The number of aliphatic carboxylic acids is 1. The third kappa shape index (κ3) is 9.16. The number of hydrogen-bond acceptors (Lipinski definition) is 7. The van der Waals surface area contributed by atoms with Crippen LogP contribution in [0, 0.1) is 0 Å². The standard InChI is InChI=1S/C15H23N5O7S/c16-14(17)18-6-7-26-8-9-27-15(23)19-10-12(13(21)22)20-28(24,25)11-4-2-1-3-5-11/h1-5,12,20H,6-10H2,(H,19,23)(H,21,22)(H4,16,17,18). The molecule has 7 N–H and O–H groups in total. The van der Waals surface area contributed by atoms with Crippen molar-refractivity contribution in [2.45, 2.75) is 10.9 Å². The van der Waals surface area contributed by atoms with Gasteiger partial charge in [-0.15, -0.1) is 0 Å². The lowest BCUT2D eigenvalue weighted by atomic mass is 10.3. The molecule has 0 aliphatic carbocycles. The average Bonchev–Trinajstić information content (AvgIpc) is 2.64. The summed E-state index contributed by atoms with van der Waals surface area (Å²) in [7, 11) is -4.06. The van der Waals surface area contributed by atoms with Gasteiger partial charge >= 0.3 is 12.1 Å². The number of carbonyl (C=O) groups excluding carboxylic acids is 1. The van der Waals surface area contributed by atoms with Crippen LogP contribution in [0.2, 0.25) is 0 Å². The normalized spacial score (nSPS) is 12.0. The first-order valence-electron chi connectivity index (χ1n) is 8.06. The summed E-state index contributed by atoms with van der Waals surface area (Å²) >= 11 is 0. The predicted molar refractivity (Wildman–Crippen MR) is 99.0 cm³/mol. The molecule has 1 aromatic rings. The van der Waals surface area contributed by atoms with Crippen LogP contribution in [0.3, 0.4) is 0 Å². The highest BCUT2D eigenvalue weighted by atomic mass is 32.2. The molecule has 1 rings (SSSR count). The van der Waals surface area contributed by atoms with Crippen molar-refractivity contribution >= 4 is 28.0 Å². The predicted octanol–water partition coefficient (Wildman–Crippen LogP) is -1.57. The van der Waals surface area contributed by atoms with Gasteiger partial charge in [-0.3, -0.25) is 9.79 Å². The zero-order chi connectivity index (χ0) is 21.0. The summed E-state index contributed by atoms with van der Waals surface area (Å²) in [6, 6.07) is 5.68. The van der Waals surface area contributed by atoms with Gasteiger partial charge in [-0.25, -0.2) is 13.2 Å². The average molecular weight is 417 g/mol. The molecule has 28 heavy (non-hydrogen) atoms. The van der Waals surface area contributed by atoms with Crippen molar-refractivity contribution in [2.75, 3.05) is 32.9 Å². The van der Waals surface area contributed by atoms with E-state index in [4.69, 9.17) is 26.0 Å². The van der Waals surface area contributed by atoms with Gasteiger partial charge in [-0.2, -0.15) is 4.72 Å². The van der Waals surface area contributed by atoms with Gasteiger partial charge in [0, 0.05) is 6.54 Å². The number of benzene rings is 1. The molecule has 0 aromatic heterocycles. The molecule has 0 heterocycles. The number of nitrogens with one attached hydrogen (secondary N) is 2. The summed E-state index contributed by atoms with van der Waals surface area (Å²) in [5, 5.41) is 11.3. The van der Waals surface area contributed by atoms with E-state index in [0.29, 0.717) is 0 Å². The van der Waals surface area contributed by atoms with Gasteiger partial charge in [0.05, 0.1) is 24.7 Å². The molecule has 1 aromatic carbocycles. The van der Waals surface area contributed by atoms with E-state index in [2.05, 4.69) is 10.3 Å². The summed E-state index contributed by atoms with van der Waals surface area (Å²) in [6.07, 6.45) is -0.919. The molecule has 0 aliphatic heterocycles. The highest BCUT2D eigenvalue weighted by molar-refractivity contribution is 7.89. The fourth-order valence-corrected chi connectivity index (χ4v) is 3.02. The maximum absolute atomic E-state index is 12.2. The van der Waals surface area contributed by atoms with Gasteiger partial charge in [0.15, 0.2) is 5.96 Å². The van der Waals surface area contributed by atoms with E-state index in [9.17, 15) is 18.0 Å². The molecule has 156 valence electrons. The molecule has 0 saturated carbocycles. The van der Waals surface area contributed by atoms with Crippen molar-refractivity contribution < 1.29 is 32.6 Å². The zero-order valence-corrected chi connectivity index (χ0v) is 15.7. The number of alkyl carbamates (subject to hydrolysis) is 1. The molecule has 0 spiro atoms. The molecule has 0 fully saturated rings. The second-order valence-electron chi connectivity index (χ2n) is 5.26. The Morgan fingerprint density at radius 1 is 1.14 bits per heavy atom. The fourth-order valence-electron chi connectivity index (χ4n) is 1.81. The first-order chi connectivity index (χ1) is 13.2. The highest BCUT2D eigenvalue weighted by Gasteiger charge is 2.25. The Balaban J connectivity index is 2.38. The van der Waals surface area contributed by atoms with E-state index in [1.54, 1.807) is 6.07 Å². The van der Waals surface area contributed by atoms with Crippen molar-refractivity contribution in [2.24, 2.45) is 16.5 Å². The molecular formula is C15H23N5O7S. The third-order valence-corrected chi connectivity index (χ3v) is 4.58. The molecule has 1 amide bonds. The summed E-state index contributed by atoms with van der Waals surface area (Å²) in [4.78, 5) is 26.4. The number of aliphatic imine (C=N–C) groups is 1. The van der Waals surface area contributed by atoms with Crippen molar-refractivity contribution in [3.05, 3.63) is 30.3 Å². The second kappa shape index (κ2) is 11.7. The van der Waals surface area contributed by atoms with Crippen LogP contribution in [-0.4, -0.2) is 70.5 Å². The van der Waals surface area contributed by atoms with Gasteiger partial charge in [0.25, 0.3) is 0 Å². The summed E-state index contributed by atoms with van der Waals surface area (Å²) in [5.74, 6) is -1.52. The summed E-state index contributed by atoms with van der Waals surface area (Å²) in [6.45, 7) is -0.0370. The lowest BCUT2D eigenvalue weighted by molar-refractivity contribution is -0.138. The third-order valence-electron chi connectivity index (χ3n) is 3.09. The van der Waals surface area contributed by atoms with Crippen molar-refractivity contribution in [1.29, 1.82) is 0 Å². The van der Waals surface area contributed by atoms with Crippen LogP contribution in [0.15, 0.2) is 40.2 Å². The Morgan fingerprint density at radius 3 is 2.43 bits per heavy atom. The Labute approximate surface area is 161 Å². The van der Waals surface area contributed by atoms with Gasteiger partial charge in [0.1, 0.15) is 12.6 Å². The first kappa shape index (κ1) is 23.1. The minimum absolute atomic E-state index is 0.0601. The van der Waals surface area contributed by atoms with E-state index in [-0.39, 0.29) is 37.2 Å². The number of nitrogens with zero attached hydrogens (tertiary/aromatic N) is 1. The van der Waals surface area contributed by atoms with E-state index in [0.717, 1.165) is 0 Å². The molecule has 0 radical (unpaired) electrons. The van der Waals surface area contributed by atoms with Gasteiger partial charge < -0.3 is 31.4 Å². The van der Waals surface area contributed by atoms with E-state index >= 15 is 0 Å². The number of hydrogen-bond donors (Lipinski definition) is 5. The Kier molecular flexibility index (Phi) is 9.70. The molecule has 0 saturated heterocycles. The van der Waals surface area contributed by atoms with Gasteiger partial charge in [-0.1, -0.05) is 18.2 Å². The number of sulfonamides is 1. The van der Waals surface area contributed by atoms with Crippen LogP contribution < -0.4 is 21.5 Å². The van der Waals surface area contributed by atoms with Gasteiger partial charge in [-0.05, 0) is 12.1 Å². The van der Waals surface area contributed by atoms with Crippen molar-refractivity contribution in [1.82, 2.24) is 10.0 Å². The Bertz CT molecular complexity index is 766. The second-order valence-corrected chi connectivity index (χ2v) is 6.97. The molecule has 12 nitrogen and oxygen atoms in total. The molecule has 0 bridgehead atoms. The smallest absolute Gasteiger partial charge is 0.407 e. The largest absolute Gasteiger partial charge is 0.480 e. The topological polar surface area (TPSA) is 195 Å². The van der Waals surface area contributed by atoms with E-state index in [1.165, 1.54) is 24.3 Å². The lowest BCUT2D eigenvalue weighted by Gasteiger charge is -2.15. The molecule has 13 heteroatoms. The lowest BCUT2D eigenvalue weighted by Crippen LogP contribution is -2.48. The van der Waals surface area contributed by atoms with E-state index < -0.39 is 34.7 Å². The number of rotatable bonds is 12. The highest BCUT2D eigenvalue weighted by Crippen LogP contribution is 2.08. The van der Waals surface area contributed by atoms with Crippen LogP contribution in [0.1, 0.15) is 0 Å². The number of ether oxygens (including phenoxy) is 2. The maximum Gasteiger partial charge on any atom is 0.407 e. The van der Waals surface area contributed by atoms with Crippen molar-refractivity contribution in [3.8, 4) is 0 Å². The van der Waals surface area contributed by atoms with Crippen molar-refractivity contribution in [3.63, 3.8) is 0 Å². The van der Waals surface area contributed by atoms with Gasteiger partial charge in [0.2, 0.25) is 10.0 Å². The number of carboxylic acids is 1. The van der Waals surface area contributed by atoms with Crippen LogP contribution in [0.5, 0.6) is 0 Å². The van der Waals surface area contributed by atoms with Crippen LogP contribution in [0.4, 0.5) is 4.79 Å². The zero-order valence-electron chi connectivity index (χ0n) is 14.9. The Morgan fingerprint density at radius 2 is 1.82 bits per heavy atom. The summed E-state index contributed by atoms with van der Waals surface area (Å²) < 4.78 is 36.2. The minimum Gasteiger partial charge on any atom is -0.480 e. The fraction of sp³-hybridized carbons (Fsp3) is 0.400. The monoisotopic (exact) mass is 417 g/mol. The van der Waals surface area contributed by atoms with Crippen LogP contribution >= 0.6 is 0 Å². The molecule has 1 atom stereocenters. The van der Waals surface area contributed by atoms with E-state index in [1.807, 2.05) is 4.72 Å². The molecule has 1 unspecified atom stereocenters. The molecular weight excluding hydrogens is 394 g/mol. The number of amides is 1. The number of nitrogens with two attached hydrogens (primary N) is 2. The quantitative estimate of drug-likeness (QED) is 0.152. The first-order valence-corrected chi connectivity index (χ1v) is 9.54. The SMILES string of the molecule is NC(N)=NCCOCCOC(=O)NCC(NS(=O)(=O)c1ccccc1)C(=O)O. The van der Waals surface area contributed by atoms with Crippen LogP contribution in [0.25, 0.3) is 0 Å². The number of carboxylic acid groups (broad SMARTS) is 1. The molecule has 0 aliphatic rings. The number of carbonyl (C=O) groups is 2.